The molecule has 0 radical (unpaired) electrons. The minimum absolute atomic E-state index is 0.112. The van der Waals surface area contributed by atoms with E-state index in [1.54, 1.807) is 12.3 Å². The number of nitrogens with zero attached hydrogens (tertiary/aromatic N) is 4. The van der Waals surface area contributed by atoms with Gasteiger partial charge < -0.3 is 14.5 Å². The van der Waals surface area contributed by atoms with E-state index in [0.717, 1.165) is 42.7 Å². The summed E-state index contributed by atoms with van der Waals surface area (Å²) >= 11 is 0. The topological polar surface area (TPSA) is 66.8 Å². The molecule has 0 saturated carbocycles. The van der Waals surface area contributed by atoms with Crippen molar-refractivity contribution in [2.24, 2.45) is 5.92 Å². The molecule has 24 heavy (non-hydrogen) atoms. The van der Waals surface area contributed by atoms with Gasteiger partial charge in [0.1, 0.15) is 11.5 Å². The third-order valence-electron chi connectivity index (χ3n) is 4.75. The second-order valence-electron chi connectivity index (χ2n) is 6.65. The number of fused-ring (bicyclic) bond motifs is 2. The lowest BCUT2D eigenvalue weighted by molar-refractivity contribution is 0.369. The first-order valence-corrected chi connectivity index (χ1v) is 8.32. The van der Waals surface area contributed by atoms with Crippen LogP contribution in [-0.4, -0.2) is 33.1 Å². The third-order valence-corrected chi connectivity index (χ3v) is 4.75. The Morgan fingerprint density at radius 2 is 2.33 bits per heavy atom. The van der Waals surface area contributed by atoms with Crippen LogP contribution >= 0.6 is 0 Å². The van der Waals surface area contributed by atoms with Crippen molar-refractivity contribution in [2.45, 2.75) is 26.3 Å². The standard InChI is InChI=1S/C18H21N5O/c1-12-9-23-11-13(5-6-16(23)20-12)10-22(2)15-8-17(24)21-18-14(15)4-3-7-19-18/h3-4,7-9,13H,5-6,10-11H2,1-2H3,(H,19,21,24). The molecule has 1 aliphatic rings. The maximum absolute atomic E-state index is 11.9. The maximum atomic E-state index is 11.9. The van der Waals surface area contributed by atoms with Gasteiger partial charge in [0.15, 0.2) is 0 Å². The van der Waals surface area contributed by atoms with Crippen LogP contribution in [0.2, 0.25) is 0 Å². The molecule has 4 heterocycles. The number of rotatable bonds is 3. The van der Waals surface area contributed by atoms with E-state index in [4.69, 9.17) is 0 Å². The van der Waals surface area contributed by atoms with E-state index in [0.29, 0.717) is 11.6 Å². The molecule has 1 atom stereocenters. The Bertz CT molecular complexity index is 942. The molecule has 0 saturated heterocycles. The van der Waals surface area contributed by atoms with Gasteiger partial charge >= 0.3 is 0 Å². The number of pyridine rings is 2. The Labute approximate surface area is 140 Å². The summed E-state index contributed by atoms with van der Waals surface area (Å²) in [4.78, 5) is 25.8. The molecule has 1 aliphatic heterocycles. The summed E-state index contributed by atoms with van der Waals surface area (Å²) in [5.74, 6) is 1.74. The van der Waals surface area contributed by atoms with Gasteiger partial charge in [-0.1, -0.05) is 0 Å². The summed E-state index contributed by atoms with van der Waals surface area (Å²) in [6.45, 7) is 3.94. The number of imidazole rings is 1. The molecule has 1 N–H and O–H groups in total. The fourth-order valence-corrected chi connectivity index (χ4v) is 3.67. The highest BCUT2D eigenvalue weighted by Crippen LogP contribution is 2.25. The summed E-state index contributed by atoms with van der Waals surface area (Å²) < 4.78 is 2.27. The van der Waals surface area contributed by atoms with Crippen LogP contribution in [0.25, 0.3) is 11.0 Å². The van der Waals surface area contributed by atoms with E-state index in [-0.39, 0.29) is 5.56 Å². The van der Waals surface area contributed by atoms with Crippen molar-refractivity contribution >= 4 is 16.7 Å². The predicted molar refractivity (Wildman–Crippen MR) is 94.4 cm³/mol. The quantitative estimate of drug-likeness (QED) is 0.802. The van der Waals surface area contributed by atoms with Gasteiger partial charge in [0, 0.05) is 50.4 Å². The summed E-state index contributed by atoms with van der Waals surface area (Å²) in [6.07, 6.45) is 5.98. The van der Waals surface area contributed by atoms with E-state index < -0.39 is 0 Å². The molecule has 0 fully saturated rings. The molecule has 4 rings (SSSR count). The van der Waals surface area contributed by atoms with Crippen LogP contribution in [0, 0.1) is 12.8 Å². The fourth-order valence-electron chi connectivity index (χ4n) is 3.67. The molecule has 6 nitrogen and oxygen atoms in total. The highest BCUT2D eigenvalue weighted by Gasteiger charge is 2.22. The molecular weight excluding hydrogens is 302 g/mol. The molecule has 0 aliphatic carbocycles. The van der Waals surface area contributed by atoms with E-state index in [9.17, 15) is 4.79 Å². The number of H-pyrrole nitrogens is 1. The van der Waals surface area contributed by atoms with Crippen molar-refractivity contribution < 1.29 is 0 Å². The van der Waals surface area contributed by atoms with Crippen LogP contribution in [0.3, 0.4) is 0 Å². The summed E-state index contributed by atoms with van der Waals surface area (Å²) in [7, 11) is 2.05. The van der Waals surface area contributed by atoms with Gasteiger partial charge in [-0.3, -0.25) is 4.79 Å². The smallest absolute Gasteiger partial charge is 0.251 e. The van der Waals surface area contributed by atoms with Crippen LogP contribution in [-0.2, 0) is 13.0 Å². The van der Waals surface area contributed by atoms with E-state index in [1.807, 2.05) is 19.1 Å². The van der Waals surface area contributed by atoms with Crippen molar-refractivity contribution in [1.82, 2.24) is 19.5 Å². The Hall–Kier alpha value is -2.63. The first kappa shape index (κ1) is 14.9. The zero-order valence-corrected chi connectivity index (χ0v) is 14.0. The zero-order valence-electron chi connectivity index (χ0n) is 14.0. The van der Waals surface area contributed by atoms with Crippen molar-refractivity contribution in [2.75, 3.05) is 18.5 Å². The second-order valence-corrected chi connectivity index (χ2v) is 6.65. The minimum Gasteiger partial charge on any atom is -0.373 e. The Balaban J connectivity index is 1.59. The molecule has 3 aromatic heterocycles. The normalized spacial score (nSPS) is 17.0. The predicted octanol–water partition coefficient (Wildman–Crippen LogP) is 2.13. The summed E-state index contributed by atoms with van der Waals surface area (Å²) in [5, 5.41) is 0.981. The van der Waals surface area contributed by atoms with E-state index in [2.05, 4.69) is 37.7 Å². The van der Waals surface area contributed by atoms with Crippen molar-refractivity contribution in [3.8, 4) is 0 Å². The third kappa shape index (κ3) is 2.68. The van der Waals surface area contributed by atoms with Gasteiger partial charge in [0.05, 0.1) is 11.4 Å². The highest BCUT2D eigenvalue weighted by molar-refractivity contribution is 5.88. The molecule has 0 aromatic carbocycles. The number of aromatic nitrogens is 4. The van der Waals surface area contributed by atoms with Gasteiger partial charge in [0.2, 0.25) is 0 Å². The molecule has 0 spiro atoms. The van der Waals surface area contributed by atoms with Crippen molar-refractivity contribution in [3.05, 3.63) is 52.5 Å². The van der Waals surface area contributed by atoms with Gasteiger partial charge in [-0.05, 0) is 31.4 Å². The molecule has 124 valence electrons. The zero-order chi connectivity index (χ0) is 16.7. The monoisotopic (exact) mass is 323 g/mol. The second kappa shape index (κ2) is 5.78. The SMILES string of the molecule is Cc1cn2c(n1)CCC(CN(C)c1cc(=O)[nH]c3ncccc13)C2. The van der Waals surface area contributed by atoms with Crippen LogP contribution in [0.4, 0.5) is 5.69 Å². The lowest BCUT2D eigenvalue weighted by Gasteiger charge is -2.29. The summed E-state index contributed by atoms with van der Waals surface area (Å²) in [6, 6.07) is 5.57. The van der Waals surface area contributed by atoms with Gasteiger partial charge in [0.25, 0.3) is 5.56 Å². The van der Waals surface area contributed by atoms with Crippen molar-refractivity contribution in [1.29, 1.82) is 0 Å². The number of hydrogen-bond acceptors (Lipinski definition) is 4. The number of aromatic amines is 1. The molecule has 0 amide bonds. The summed E-state index contributed by atoms with van der Waals surface area (Å²) in [5.41, 5.74) is 2.56. The van der Waals surface area contributed by atoms with Gasteiger partial charge in [-0.25, -0.2) is 9.97 Å². The molecule has 6 heteroatoms. The Morgan fingerprint density at radius 1 is 1.46 bits per heavy atom. The highest BCUT2D eigenvalue weighted by atomic mass is 16.1. The van der Waals surface area contributed by atoms with Crippen LogP contribution in [0.15, 0.2) is 35.4 Å². The molecule has 0 bridgehead atoms. The van der Waals surface area contributed by atoms with Crippen LogP contribution in [0.1, 0.15) is 17.9 Å². The molecule has 1 unspecified atom stereocenters. The average molecular weight is 323 g/mol. The maximum Gasteiger partial charge on any atom is 0.251 e. The molecule has 3 aromatic rings. The number of nitrogens with one attached hydrogen (secondary N) is 1. The van der Waals surface area contributed by atoms with E-state index in [1.165, 1.54) is 5.82 Å². The van der Waals surface area contributed by atoms with Crippen LogP contribution < -0.4 is 10.5 Å². The van der Waals surface area contributed by atoms with Gasteiger partial charge in [-0.15, -0.1) is 0 Å². The lowest BCUT2D eigenvalue weighted by Crippen LogP contribution is -2.32. The largest absolute Gasteiger partial charge is 0.373 e. The minimum atomic E-state index is -0.112. The number of anilines is 1. The van der Waals surface area contributed by atoms with E-state index >= 15 is 0 Å². The first-order chi connectivity index (χ1) is 11.6. The Kier molecular flexibility index (Phi) is 3.59. The fraction of sp³-hybridized carbons (Fsp3) is 0.389. The lowest BCUT2D eigenvalue weighted by atomic mass is 9.98. The number of hydrogen-bond donors (Lipinski definition) is 1. The van der Waals surface area contributed by atoms with Gasteiger partial charge in [-0.2, -0.15) is 0 Å². The van der Waals surface area contributed by atoms with Crippen molar-refractivity contribution in [3.63, 3.8) is 0 Å². The average Bonchev–Trinajstić information content (AvgIpc) is 2.93. The van der Waals surface area contributed by atoms with Crippen LogP contribution in [0.5, 0.6) is 0 Å². The number of aryl methyl sites for hydroxylation is 2. The Morgan fingerprint density at radius 3 is 3.21 bits per heavy atom. The molecular formula is C18H21N5O. The first-order valence-electron chi connectivity index (χ1n) is 8.32.